The minimum Gasteiger partial charge on any atom is -0.462 e. The Balaban J connectivity index is 4.53. The maximum absolute atomic E-state index is 12.8. The van der Waals surface area contributed by atoms with Gasteiger partial charge in [-0.25, -0.2) is 0 Å². The van der Waals surface area contributed by atoms with Crippen molar-refractivity contribution >= 4 is 17.9 Å². The average molecular weight is 956 g/mol. The standard InChI is InChI=1S/C63H102O6/c1-4-7-10-13-16-19-22-25-28-30-31-33-35-38-41-44-47-50-53-56-62(65)68-59-60(58-67-61(64)55-52-49-46-43-40-37-34-27-24-21-18-15-12-9-6-3)69-63(66)57-54-51-48-45-42-39-36-32-29-26-23-20-17-14-11-8-5-2/h8-9,11-12,17-18,20-21,25-29,34,36,39-40,43,45,48,60H,4-7,10,13-16,19,22-24,30-33,35,37-38,41-42,44,46-47,49-59H2,1-3H3/b11-8-,12-9-,20-17-,21-18-,28-25-,29-26-,34-27-,39-36-,43-40-,48-45-/t60-/m1/s1. The Morgan fingerprint density at radius 3 is 0.971 bits per heavy atom. The number of esters is 3. The molecule has 0 amide bonds. The summed E-state index contributed by atoms with van der Waals surface area (Å²) in [6.45, 7) is 6.32. The van der Waals surface area contributed by atoms with E-state index in [1.165, 1.54) is 89.9 Å². The summed E-state index contributed by atoms with van der Waals surface area (Å²) in [6.07, 6.45) is 77.7. The molecule has 0 radical (unpaired) electrons. The lowest BCUT2D eigenvalue weighted by Gasteiger charge is -2.18. The third-order valence-electron chi connectivity index (χ3n) is 11.4. The van der Waals surface area contributed by atoms with Crippen molar-refractivity contribution in [1.82, 2.24) is 0 Å². The Kier molecular flexibility index (Phi) is 53.0. The minimum absolute atomic E-state index is 0.118. The number of carbonyl (C=O) groups excluding carboxylic acids is 3. The zero-order valence-corrected chi connectivity index (χ0v) is 44.5. The van der Waals surface area contributed by atoms with Gasteiger partial charge in [-0.2, -0.15) is 0 Å². The highest BCUT2D eigenvalue weighted by Crippen LogP contribution is 2.14. The predicted molar refractivity (Wildman–Crippen MR) is 297 cm³/mol. The van der Waals surface area contributed by atoms with Crippen LogP contribution in [0.1, 0.15) is 239 Å². The van der Waals surface area contributed by atoms with Crippen molar-refractivity contribution in [3.05, 3.63) is 122 Å². The molecule has 1 atom stereocenters. The third kappa shape index (κ3) is 54.6. The van der Waals surface area contributed by atoms with E-state index in [9.17, 15) is 14.4 Å². The summed E-state index contributed by atoms with van der Waals surface area (Å²) < 4.78 is 16.8. The molecule has 0 aromatic carbocycles. The van der Waals surface area contributed by atoms with Gasteiger partial charge in [-0.15, -0.1) is 0 Å². The quantitative estimate of drug-likeness (QED) is 0.0262. The summed E-state index contributed by atoms with van der Waals surface area (Å²) in [7, 11) is 0. The van der Waals surface area contributed by atoms with E-state index < -0.39 is 6.10 Å². The van der Waals surface area contributed by atoms with Gasteiger partial charge in [0.15, 0.2) is 6.10 Å². The Labute approximate surface area is 424 Å². The molecule has 0 aromatic rings. The minimum atomic E-state index is -0.829. The molecule has 0 fully saturated rings. The first-order valence-electron chi connectivity index (χ1n) is 28.0. The van der Waals surface area contributed by atoms with E-state index in [0.29, 0.717) is 19.3 Å². The highest BCUT2D eigenvalue weighted by atomic mass is 16.6. The van der Waals surface area contributed by atoms with Crippen LogP contribution in [0.25, 0.3) is 0 Å². The van der Waals surface area contributed by atoms with E-state index in [4.69, 9.17) is 14.2 Å². The van der Waals surface area contributed by atoms with Crippen molar-refractivity contribution in [2.45, 2.75) is 245 Å². The number of unbranched alkanes of at least 4 members (excludes halogenated alkanes) is 18. The summed E-state index contributed by atoms with van der Waals surface area (Å²) in [4.78, 5) is 38.1. The van der Waals surface area contributed by atoms with Gasteiger partial charge in [0, 0.05) is 19.3 Å². The fourth-order valence-corrected chi connectivity index (χ4v) is 7.29. The van der Waals surface area contributed by atoms with Crippen LogP contribution in [0.15, 0.2) is 122 Å². The smallest absolute Gasteiger partial charge is 0.306 e. The number of hydrogen-bond acceptors (Lipinski definition) is 6. The van der Waals surface area contributed by atoms with Crippen LogP contribution in [0.3, 0.4) is 0 Å². The highest BCUT2D eigenvalue weighted by Gasteiger charge is 2.19. The maximum atomic E-state index is 12.8. The lowest BCUT2D eigenvalue weighted by Crippen LogP contribution is -2.30. The molecule has 0 bridgehead atoms. The molecule has 0 aromatic heterocycles. The molecule has 0 N–H and O–H groups in total. The molecular weight excluding hydrogens is 853 g/mol. The van der Waals surface area contributed by atoms with Gasteiger partial charge in [-0.3, -0.25) is 14.4 Å². The molecular formula is C63H102O6. The van der Waals surface area contributed by atoms with E-state index in [0.717, 1.165) is 96.3 Å². The van der Waals surface area contributed by atoms with E-state index in [-0.39, 0.29) is 44.0 Å². The zero-order valence-electron chi connectivity index (χ0n) is 44.5. The molecule has 6 heteroatoms. The predicted octanol–water partition coefficient (Wildman–Crippen LogP) is 18.9. The number of allylic oxidation sites excluding steroid dienone is 20. The summed E-state index contributed by atoms with van der Waals surface area (Å²) in [5.74, 6) is -1.03. The number of rotatable bonds is 49. The second-order valence-corrected chi connectivity index (χ2v) is 18.1. The second-order valence-electron chi connectivity index (χ2n) is 18.1. The SMILES string of the molecule is CC/C=C\C/C=C\C/C=C\C/C=C\C/C=C\CCCC(=O)O[C@H](COC(=O)CCCC/C=C\C/C=C\C/C=C\C/C=C\CC)COC(=O)CCCCCCCCCCC/C=C\CCCCCCCC. The molecule has 0 saturated carbocycles. The fraction of sp³-hybridized carbons (Fsp3) is 0.635. The Hall–Kier alpha value is -4.19. The van der Waals surface area contributed by atoms with Gasteiger partial charge in [0.1, 0.15) is 13.2 Å². The molecule has 0 saturated heterocycles. The molecule has 6 nitrogen and oxygen atoms in total. The van der Waals surface area contributed by atoms with Crippen molar-refractivity contribution in [3.8, 4) is 0 Å². The van der Waals surface area contributed by atoms with Crippen molar-refractivity contribution < 1.29 is 28.6 Å². The lowest BCUT2D eigenvalue weighted by atomic mass is 10.1. The Morgan fingerprint density at radius 1 is 0.304 bits per heavy atom. The van der Waals surface area contributed by atoms with Gasteiger partial charge >= 0.3 is 17.9 Å². The highest BCUT2D eigenvalue weighted by molar-refractivity contribution is 5.71. The largest absolute Gasteiger partial charge is 0.462 e. The van der Waals surface area contributed by atoms with Crippen LogP contribution < -0.4 is 0 Å². The summed E-state index contributed by atoms with van der Waals surface area (Å²) in [5, 5.41) is 0. The molecule has 0 aliphatic rings. The number of ether oxygens (including phenoxy) is 3. The van der Waals surface area contributed by atoms with Crippen LogP contribution in [-0.4, -0.2) is 37.2 Å². The van der Waals surface area contributed by atoms with Crippen LogP contribution in [0.5, 0.6) is 0 Å². The first kappa shape index (κ1) is 64.8. The van der Waals surface area contributed by atoms with Crippen molar-refractivity contribution in [1.29, 1.82) is 0 Å². The van der Waals surface area contributed by atoms with Crippen molar-refractivity contribution in [3.63, 3.8) is 0 Å². The van der Waals surface area contributed by atoms with Gasteiger partial charge in [0.25, 0.3) is 0 Å². The van der Waals surface area contributed by atoms with Crippen LogP contribution in [0.4, 0.5) is 0 Å². The van der Waals surface area contributed by atoms with Gasteiger partial charge in [0.2, 0.25) is 0 Å². The maximum Gasteiger partial charge on any atom is 0.306 e. The number of hydrogen-bond donors (Lipinski definition) is 0. The van der Waals surface area contributed by atoms with Crippen LogP contribution in [-0.2, 0) is 28.6 Å². The Morgan fingerprint density at radius 2 is 0.580 bits per heavy atom. The summed E-state index contributed by atoms with van der Waals surface area (Å²) >= 11 is 0. The molecule has 390 valence electrons. The van der Waals surface area contributed by atoms with Crippen molar-refractivity contribution in [2.24, 2.45) is 0 Å². The van der Waals surface area contributed by atoms with Gasteiger partial charge in [-0.1, -0.05) is 219 Å². The van der Waals surface area contributed by atoms with E-state index >= 15 is 0 Å². The third-order valence-corrected chi connectivity index (χ3v) is 11.4. The molecule has 69 heavy (non-hydrogen) atoms. The first-order valence-corrected chi connectivity index (χ1v) is 28.0. The Bertz CT molecular complexity index is 1470. The second kappa shape index (κ2) is 56.4. The molecule has 0 aliphatic carbocycles. The average Bonchev–Trinajstić information content (AvgIpc) is 3.35. The first-order chi connectivity index (χ1) is 34.0. The molecule has 0 rings (SSSR count). The van der Waals surface area contributed by atoms with Gasteiger partial charge in [0.05, 0.1) is 0 Å². The number of carbonyl (C=O) groups is 3. The molecule has 0 aliphatic heterocycles. The lowest BCUT2D eigenvalue weighted by molar-refractivity contribution is -0.167. The molecule has 0 heterocycles. The van der Waals surface area contributed by atoms with Gasteiger partial charge < -0.3 is 14.2 Å². The van der Waals surface area contributed by atoms with Crippen molar-refractivity contribution in [2.75, 3.05) is 13.2 Å². The fourth-order valence-electron chi connectivity index (χ4n) is 7.29. The molecule has 0 unspecified atom stereocenters. The monoisotopic (exact) mass is 955 g/mol. The molecule has 0 spiro atoms. The van der Waals surface area contributed by atoms with Crippen LogP contribution in [0, 0.1) is 0 Å². The summed E-state index contributed by atoms with van der Waals surface area (Å²) in [6, 6.07) is 0. The summed E-state index contributed by atoms with van der Waals surface area (Å²) in [5.41, 5.74) is 0. The van der Waals surface area contributed by atoms with Crippen LogP contribution >= 0.6 is 0 Å². The normalized spacial score (nSPS) is 13.0. The van der Waals surface area contributed by atoms with Crippen LogP contribution in [0.2, 0.25) is 0 Å². The zero-order chi connectivity index (χ0) is 50.0. The van der Waals surface area contributed by atoms with Gasteiger partial charge in [-0.05, 0) is 122 Å². The van der Waals surface area contributed by atoms with E-state index in [1.807, 2.05) is 0 Å². The topological polar surface area (TPSA) is 78.9 Å². The van der Waals surface area contributed by atoms with E-state index in [1.54, 1.807) is 0 Å². The van der Waals surface area contributed by atoms with E-state index in [2.05, 4.69) is 142 Å².